The molecule has 1 saturated heterocycles. The third-order valence-electron chi connectivity index (χ3n) is 6.43. The van der Waals surface area contributed by atoms with Crippen LogP contribution < -0.4 is 5.32 Å². The van der Waals surface area contributed by atoms with Crippen molar-refractivity contribution >= 4 is 17.5 Å². The van der Waals surface area contributed by atoms with Gasteiger partial charge in [-0.2, -0.15) is 0 Å². The number of nitrogens with one attached hydrogen (secondary N) is 1. The quantitative estimate of drug-likeness (QED) is 0.526. The summed E-state index contributed by atoms with van der Waals surface area (Å²) in [5.74, 6) is -5.81. The Balaban J connectivity index is 1.34. The van der Waals surface area contributed by atoms with Crippen LogP contribution in [-0.4, -0.2) is 40.7 Å². The van der Waals surface area contributed by atoms with Gasteiger partial charge in [-0.1, -0.05) is 12.1 Å². The summed E-state index contributed by atoms with van der Waals surface area (Å²) in [6.45, 7) is -1.00. The highest BCUT2D eigenvalue weighted by molar-refractivity contribution is 5.97. The Kier molecular flexibility index (Phi) is 6.05. The maximum atomic E-state index is 14.6. The molecule has 0 spiro atoms. The Morgan fingerprint density at radius 1 is 1.00 bits per heavy atom. The van der Waals surface area contributed by atoms with E-state index in [1.54, 1.807) is 18.2 Å². The number of carbonyl (C=O) groups excluding carboxylic acids is 2. The predicted octanol–water partition coefficient (Wildman–Crippen LogP) is 5.50. The predicted molar refractivity (Wildman–Crippen MR) is 126 cm³/mol. The van der Waals surface area contributed by atoms with Crippen molar-refractivity contribution in [3.05, 3.63) is 83.9 Å². The molecule has 3 aromatic rings. The lowest BCUT2D eigenvalue weighted by molar-refractivity contribution is -0.130. The van der Waals surface area contributed by atoms with Gasteiger partial charge in [-0.15, -0.1) is 0 Å². The van der Waals surface area contributed by atoms with Gasteiger partial charge in [0.05, 0.1) is 12.5 Å². The fourth-order valence-corrected chi connectivity index (χ4v) is 4.57. The van der Waals surface area contributed by atoms with Crippen LogP contribution in [0.1, 0.15) is 41.1 Å². The zero-order valence-corrected chi connectivity index (χ0v) is 18.9. The van der Waals surface area contributed by atoms with Crippen molar-refractivity contribution in [3.8, 4) is 11.1 Å². The second kappa shape index (κ2) is 9.17. The van der Waals surface area contributed by atoms with Crippen molar-refractivity contribution in [3.63, 3.8) is 0 Å². The molecular weight excluding hydrogens is 455 g/mol. The monoisotopic (exact) mass is 479 g/mol. The minimum atomic E-state index is -3.24. The van der Waals surface area contributed by atoms with Crippen LogP contribution >= 0.6 is 0 Å². The van der Waals surface area contributed by atoms with E-state index in [0.717, 1.165) is 29.4 Å². The second-order valence-electron chi connectivity index (χ2n) is 9.30. The minimum Gasteiger partial charge on any atom is -0.332 e. The van der Waals surface area contributed by atoms with E-state index in [-0.39, 0.29) is 12.1 Å². The minimum absolute atomic E-state index is 0.0502. The molecule has 5 rings (SSSR count). The number of nitrogens with zero attached hydrogens (tertiary/aromatic N) is 2. The fraction of sp³-hybridized carbons (Fsp3) is 0.296. The smallest absolute Gasteiger partial charge is 0.266 e. The van der Waals surface area contributed by atoms with Crippen LogP contribution in [0.5, 0.6) is 0 Å². The van der Waals surface area contributed by atoms with Gasteiger partial charge in [-0.05, 0) is 77.9 Å². The topological polar surface area (TPSA) is 62.3 Å². The number of likely N-dealkylation sites (tertiary alicyclic amines) is 1. The molecule has 0 radical (unpaired) electrons. The summed E-state index contributed by atoms with van der Waals surface area (Å²) in [6, 6.07) is 14.5. The van der Waals surface area contributed by atoms with Gasteiger partial charge in [0.2, 0.25) is 5.91 Å². The van der Waals surface area contributed by atoms with E-state index in [2.05, 4.69) is 10.3 Å². The van der Waals surface area contributed by atoms with Crippen molar-refractivity contribution < 1.29 is 22.8 Å². The lowest BCUT2D eigenvalue weighted by Gasteiger charge is -2.37. The molecule has 1 N–H and O–H groups in total. The number of anilines is 1. The van der Waals surface area contributed by atoms with Crippen LogP contribution in [-0.2, 0) is 4.79 Å². The van der Waals surface area contributed by atoms with Gasteiger partial charge in [0.1, 0.15) is 5.82 Å². The number of aromatic nitrogens is 1. The van der Waals surface area contributed by atoms with Crippen molar-refractivity contribution in [2.24, 2.45) is 5.92 Å². The zero-order valence-electron chi connectivity index (χ0n) is 18.9. The van der Waals surface area contributed by atoms with E-state index in [1.165, 1.54) is 24.5 Å². The number of alkyl halides is 2. The number of hydrogen-bond donors (Lipinski definition) is 1. The molecule has 5 nitrogen and oxygen atoms in total. The Morgan fingerprint density at radius 3 is 2.51 bits per heavy atom. The number of halogens is 3. The molecule has 2 amide bonds. The van der Waals surface area contributed by atoms with Gasteiger partial charge in [0.15, 0.2) is 0 Å². The molecule has 8 heteroatoms. The zero-order chi connectivity index (χ0) is 24.6. The molecule has 2 aliphatic rings. The molecule has 1 aromatic heterocycles. The highest BCUT2D eigenvalue weighted by Crippen LogP contribution is 2.41. The van der Waals surface area contributed by atoms with Gasteiger partial charge >= 0.3 is 0 Å². The molecule has 180 valence electrons. The lowest BCUT2D eigenvalue weighted by atomic mass is 9.93. The average Bonchev–Trinajstić information content (AvgIpc) is 3.68. The lowest BCUT2D eigenvalue weighted by Crippen LogP contribution is -2.52. The van der Waals surface area contributed by atoms with Crippen molar-refractivity contribution in [1.82, 2.24) is 9.88 Å². The number of hydrogen-bond acceptors (Lipinski definition) is 3. The first kappa shape index (κ1) is 23.1. The molecule has 1 aliphatic heterocycles. The number of rotatable bonds is 5. The maximum absolute atomic E-state index is 14.6. The highest BCUT2D eigenvalue weighted by atomic mass is 19.3. The molecule has 1 aliphatic carbocycles. The standard InChI is InChI=1S/C27H24F3N3O2/c28-23-11-20(18-6-8-31-9-7-18)10-21(12-23)26(35)33-15-22(14-27(29,30)16-33)25(34)32-24-3-1-2-19(13-24)17-4-5-17/h1-3,6-13,17,22H,4-5,14-16H2,(H,32,34). The molecule has 2 aromatic carbocycles. The van der Waals surface area contributed by atoms with Crippen LogP contribution in [0, 0.1) is 11.7 Å². The van der Waals surface area contributed by atoms with E-state index in [9.17, 15) is 22.8 Å². The summed E-state index contributed by atoms with van der Waals surface area (Å²) < 4.78 is 43.6. The first-order valence-corrected chi connectivity index (χ1v) is 11.6. The Hall–Kier alpha value is -3.68. The molecule has 2 heterocycles. The number of amides is 2. The van der Waals surface area contributed by atoms with Crippen LogP contribution in [0.2, 0.25) is 0 Å². The summed E-state index contributed by atoms with van der Waals surface area (Å²) in [6.07, 6.45) is 4.63. The van der Waals surface area contributed by atoms with Gasteiger partial charge in [0.25, 0.3) is 11.8 Å². The van der Waals surface area contributed by atoms with E-state index in [1.807, 2.05) is 18.2 Å². The highest BCUT2D eigenvalue weighted by Gasteiger charge is 2.44. The van der Waals surface area contributed by atoms with Gasteiger partial charge < -0.3 is 10.2 Å². The third kappa shape index (κ3) is 5.37. The maximum Gasteiger partial charge on any atom is 0.266 e. The van der Waals surface area contributed by atoms with Crippen molar-refractivity contribution in [1.29, 1.82) is 0 Å². The molecule has 1 unspecified atom stereocenters. The fourth-order valence-electron chi connectivity index (χ4n) is 4.57. The Morgan fingerprint density at radius 2 is 1.77 bits per heavy atom. The van der Waals surface area contributed by atoms with Crippen LogP contribution in [0.4, 0.5) is 18.9 Å². The van der Waals surface area contributed by atoms with E-state index in [4.69, 9.17) is 0 Å². The van der Waals surface area contributed by atoms with Gasteiger partial charge in [-0.3, -0.25) is 14.6 Å². The summed E-state index contributed by atoms with van der Waals surface area (Å²) >= 11 is 0. The number of benzene rings is 2. The van der Waals surface area contributed by atoms with Crippen LogP contribution in [0.15, 0.2) is 67.0 Å². The molecule has 35 heavy (non-hydrogen) atoms. The molecule has 1 saturated carbocycles. The molecule has 1 atom stereocenters. The van der Waals surface area contributed by atoms with Gasteiger partial charge in [-0.25, -0.2) is 13.2 Å². The first-order valence-electron chi connectivity index (χ1n) is 11.6. The van der Waals surface area contributed by atoms with E-state index >= 15 is 0 Å². The summed E-state index contributed by atoms with van der Waals surface area (Å²) in [4.78, 5) is 30.9. The first-order chi connectivity index (χ1) is 16.8. The van der Waals surface area contributed by atoms with Crippen molar-refractivity contribution in [2.45, 2.75) is 31.1 Å². The normalized spacial score (nSPS) is 19.3. The van der Waals surface area contributed by atoms with Crippen LogP contribution in [0.3, 0.4) is 0 Å². The van der Waals surface area contributed by atoms with Gasteiger partial charge in [0, 0.05) is 36.6 Å². The molecule has 2 fully saturated rings. The summed E-state index contributed by atoms with van der Waals surface area (Å²) in [7, 11) is 0. The van der Waals surface area contributed by atoms with E-state index < -0.39 is 42.4 Å². The van der Waals surface area contributed by atoms with E-state index in [0.29, 0.717) is 22.7 Å². The Labute approximate surface area is 201 Å². The summed E-state index contributed by atoms with van der Waals surface area (Å²) in [5.41, 5.74) is 2.70. The SMILES string of the molecule is O=C(Nc1cccc(C2CC2)c1)C1CN(C(=O)c2cc(F)cc(-c3ccncc3)c2)CC(F)(F)C1. The average molecular weight is 480 g/mol. The summed E-state index contributed by atoms with van der Waals surface area (Å²) in [5, 5.41) is 2.74. The van der Waals surface area contributed by atoms with Crippen LogP contribution in [0.25, 0.3) is 11.1 Å². The van der Waals surface area contributed by atoms with Crippen molar-refractivity contribution in [2.75, 3.05) is 18.4 Å². The number of carbonyl (C=O) groups is 2. The largest absolute Gasteiger partial charge is 0.332 e. The Bertz CT molecular complexity index is 1260. The number of pyridine rings is 1. The third-order valence-corrected chi connectivity index (χ3v) is 6.43. The number of piperidine rings is 1. The molecule has 0 bridgehead atoms. The second-order valence-corrected chi connectivity index (χ2v) is 9.30. The molecular formula is C27H24F3N3O2.